The largest absolute Gasteiger partial charge is 0.479 e. The van der Waals surface area contributed by atoms with Gasteiger partial charge in [0.05, 0.1) is 6.54 Å². The molecule has 7 nitrogen and oxygen atoms in total. The zero-order valence-electron chi connectivity index (χ0n) is 13.5. The Morgan fingerprint density at radius 3 is 2.50 bits per heavy atom. The molecule has 2 unspecified atom stereocenters. The monoisotopic (exact) mass is 314 g/mol. The summed E-state index contributed by atoms with van der Waals surface area (Å²) >= 11 is 0. The van der Waals surface area contributed by atoms with Crippen LogP contribution in [0.4, 0.5) is 0 Å². The lowest BCUT2D eigenvalue weighted by atomic mass is 9.98. The Morgan fingerprint density at radius 1 is 1.36 bits per heavy atom. The average molecular weight is 314 g/mol. The highest BCUT2D eigenvalue weighted by molar-refractivity contribution is 5.88. The van der Waals surface area contributed by atoms with E-state index in [4.69, 9.17) is 5.11 Å². The maximum Gasteiger partial charge on any atom is 0.337 e. The SMILES string of the molecule is CC(C)CC(C(=O)NCC(C)(O)C(=O)O)N1CCCCC1=O. The molecule has 3 N–H and O–H groups in total. The number of carbonyl (C=O) groups excluding carboxylic acids is 2. The molecule has 0 radical (unpaired) electrons. The van der Waals surface area contributed by atoms with Crippen LogP contribution < -0.4 is 5.32 Å². The van der Waals surface area contributed by atoms with Gasteiger partial charge in [-0.05, 0) is 32.1 Å². The highest BCUT2D eigenvalue weighted by Crippen LogP contribution is 2.19. The number of nitrogens with one attached hydrogen (secondary N) is 1. The molecule has 2 amide bonds. The van der Waals surface area contributed by atoms with E-state index in [1.807, 2.05) is 13.8 Å². The van der Waals surface area contributed by atoms with Crippen LogP contribution in [0.2, 0.25) is 0 Å². The van der Waals surface area contributed by atoms with E-state index in [0.29, 0.717) is 19.4 Å². The standard InChI is InChI=1S/C15H26N2O5/c1-10(2)8-11(17-7-5-4-6-12(17)18)13(19)16-9-15(3,22)14(20)21/h10-11,22H,4-9H2,1-3H3,(H,16,19)(H,20,21). The normalized spacial score (nSPS) is 19.7. The Balaban J connectivity index is 2.76. The molecule has 0 spiro atoms. The van der Waals surface area contributed by atoms with E-state index < -0.39 is 30.1 Å². The van der Waals surface area contributed by atoms with Crippen molar-refractivity contribution in [3.63, 3.8) is 0 Å². The van der Waals surface area contributed by atoms with E-state index in [1.165, 1.54) is 0 Å². The van der Waals surface area contributed by atoms with Gasteiger partial charge in [-0.2, -0.15) is 0 Å². The molecule has 0 bridgehead atoms. The number of aliphatic hydroxyl groups is 1. The molecule has 1 rings (SSSR count). The molecule has 0 aromatic heterocycles. The minimum absolute atomic E-state index is 0.0444. The molecule has 1 fully saturated rings. The molecule has 2 atom stereocenters. The van der Waals surface area contributed by atoms with Gasteiger partial charge in [0, 0.05) is 13.0 Å². The summed E-state index contributed by atoms with van der Waals surface area (Å²) in [4.78, 5) is 36.9. The molecule has 126 valence electrons. The summed E-state index contributed by atoms with van der Waals surface area (Å²) in [5, 5.41) is 21.0. The van der Waals surface area contributed by atoms with E-state index in [1.54, 1.807) is 4.90 Å². The lowest BCUT2D eigenvalue weighted by Crippen LogP contribution is -2.55. The van der Waals surface area contributed by atoms with E-state index in [2.05, 4.69) is 5.32 Å². The van der Waals surface area contributed by atoms with Gasteiger partial charge in [-0.25, -0.2) is 4.79 Å². The first-order chi connectivity index (χ1) is 10.1. The van der Waals surface area contributed by atoms with Gasteiger partial charge in [0.25, 0.3) is 0 Å². The van der Waals surface area contributed by atoms with E-state index in [-0.39, 0.29) is 11.8 Å². The van der Waals surface area contributed by atoms with Crippen LogP contribution in [0.15, 0.2) is 0 Å². The quantitative estimate of drug-likeness (QED) is 0.629. The molecule has 1 aliphatic heterocycles. The average Bonchev–Trinajstić information content (AvgIpc) is 2.43. The Kier molecular flexibility index (Phi) is 6.34. The summed E-state index contributed by atoms with van der Waals surface area (Å²) in [7, 11) is 0. The molecule has 0 aromatic rings. The topological polar surface area (TPSA) is 107 Å². The van der Waals surface area contributed by atoms with Gasteiger partial charge in [-0.15, -0.1) is 0 Å². The third-order valence-corrected chi connectivity index (χ3v) is 3.80. The van der Waals surface area contributed by atoms with Crippen LogP contribution in [0.1, 0.15) is 46.5 Å². The summed E-state index contributed by atoms with van der Waals surface area (Å²) in [6.45, 7) is 5.19. The second-order valence-corrected chi connectivity index (χ2v) is 6.49. The second kappa shape index (κ2) is 7.58. The molecule has 1 heterocycles. The molecule has 1 aliphatic rings. The number of piperidine rings is 1. The highest BCUT2D eigenvalue weighted by atomic mass is 16.4. The number of nitrogens with zero attached hydrogens (tertiary/aromatic N) is 1. The number of carboxylic acid groups (broad SMARTS) is 1. The first-order valence-electron chi connectivity index (χ1n) is 7.68. The summed E-state index contributed by atoms with van der Waals surface area (Å²) < 4.78 is 0. The van der Waals surface area contributed by atoms with E-state index in [0.717, 1.165) is 19.8 Å². The first kappa shape index (κ1) is 18.4. The number of hydrogen-bond acceptors (Lipinski definition) is 4. The number of hydrogen-bond donors (Lipinski definition) is 3. The van der Waals surface area contributed by atoms with Crippen LogP contribution in [-0.2, 0) is 14.4 Å². The molecule has 22 heavy (non-hydrogen) atoms. The Bertz CT molecular complexity index is 434. The van der Waals surface area contributed by atoms with Crippen molar-refractivity contribution in [2.45, 2.75) is 58.1 Å². The minimum Gasteiger partial charge on any atom is -0.479 e. The molecule has 0 saturated carbocycles. The van der Waals surface area contributed by atoms with Gasteiger partial charge in [-0.1, -0.05) is 13.8 Å². The van der Waals surface area contributed by atoms with Crippen LogP contribution in [0.5, 0.6) is 0 Å². The van der Waals surface area contributed by atoms with Crippen molar-refractivity contribution in [1.82, 2.24) is 10.2 Å². The van der Waals surface area contributed by atoms with Gasteiger partial charge in [-0.3, -0.25) is 9.59 Å². The van der Waals surface area contributed by atoms with Crippen molar-refractivity contribution >= 4 is 17.8 Å². The first-order valence-corrected chi connectivity index (χ1v) is 7.68. The van der Waals surface area contributed by atoms with Gasteiger partial charge < -0.3 is 20.4 Å². The fraction of sp³-hybridized carbons (Fsp3) is 0.800. The van der Waals surface area contributed by atoms with Crippen LogP contribution in [0.3, 0.4) is 0 Å². The van der Waals surface area contributed by atoms with Crippen LogP contribution >= 0.6 is 0 Å². The van der Waals surface area contributed by atoms with Gasteiger partial charge in [0.2, 0.25) is 11.8 Å². The number of likely N-dealkylation sites (tertiary alicyclic amines) is 1. The zero-order chi connectivity index (χ0) is 16.9. The third-order valence-electron chi connectivity index (χ3n) is 3.80. The van der Waals surface area contributed by atoms with E-state index >= 15 is 0 Å². The Hall–Kier alpha value is -1.63. The van der Waals surface area contributed by atoms with Crippen LogP contribution in [-0.4, -0.2) is 57.6 Å². The van der Waals surface area contributed by atoms with Crippen molar-refractivity contribution in [2.24, 2.45) is 5.92 Å². The number of rotatable bonds is 7. The fourth-order valence-corrected chi connectivity index (χ4v) is 2.43. The van der Waals surface area contributed by atoms with Crippen LogP contribution in [0.25, 0.3) is 0 Å². The van der Waals surface area contributed by atoms with Crippen molar-refractivity contribution < 1.29 is 24.6 Å². The minimum atomic E-state index is -2.02. The maximum absolute atomic E-state index is 12.4. The third kappa shape index (κ3) is 4.98. The predicted octanol–water partition coefficient (Wildman–Crippen LogP) is 0.365. The number of carbonyl (C=O) groups is 3. The number of amides is 2. The predicted molar refractivity (Wildman–Crippen MR) is 80.1 cm³/mol. The molecular weight excluding hydrogens is 288 g/mol. The van der Waals surface area contributed by atoms with Crippen LogP contribution in [0, 0.1) is 5.92 Å². The van der Waals surface area contributed by atoms with Gasteiger partial charge in [0.1, 0.15) is 6.04 Å². The fourth-order valence-electron chi connectivity index (χ4n) is 2.43. The van der Waals surface area contributed by atoms with Crippen molar-refractivity contribution in [1.29, 1.82) is 0 Å². The summed E-state index contributed by atoms with van der Waals surface area (Å²) in [5.41, 5.74) is -2.02. The van der Waals surface area contributed by atoms with Crippen molar-refractivity contribution in [3.05, 3.63) is 0 Å². The lowest BCUT2D eigenvalue weighted by Gasteiger charge is -2.35. The van der Waals surface area contributed by atoms with Crippen molar-refractivity contribution in [2.75, 3.05) is 13.1 Å². The lowest BCUT2D eigenvalue weighted by molar-refractivity contribution is -0.156. The van der Waals surface area contributed by atoms with Gasteiger partial charge >= 0.3 is 5.97 Å². The summed E-state index contributed by atoms with van der Waals surface area (Å²) in [6, 6.07) is -0.614. The number of carboxylic acids is 1. The second-order valence-electron chi connectivity index (χ2n) is 6.49. The molecular formula is C15H26N2O5. The Labute approximate surface area is 130 Å². The molecule has 1 saturated heterocycles. The number of aliphatic carboxylic acids is 1. The molecule has 0 aliphatic carbocycles. The van der Waals surface area contributed by atoms with Crippen molar-refractivity contribution in [3.8, 4) is 0 Å². The summed E-state index contributed by atoms with van der Waals surface area (Å²) in [6.07, 6.45) is 2.64. The van der Waals surface area contributed by atoms with E-state index in [9.17, 15) is 19.5 Å². The highest BCUT2D eigenvalue weighted by Gasteiger charge is 2.35. The molecule has 7 heteroatoms. The maximum atomic E-state index is 12.4. The summed E-state index contributed by atoms with van der Waals surface area (Å²) in [5.74, 6) is -1.64. The molecule has 0 aromatic carbocycles. The van der Waals surface area contributed by atoms with Gasteiger partial charge in [0.15, 0.2) is 5.60 Å². The zero-order valence-corrected chi connectivity index (χ0v) is 13.5. The Morgan fingerprint density at radius 2 is 2.00 bits per heavy atom. The smallest absolute Gasteiger partial charge is 0.337 e.